The highest BCUT2D eigenvalue weighted by Crippen LogP contribution is 2.26. The maximum Gasteiger partial charge on any atom is 0.336 e. The lowest BCUT2D eigenvalue weighted by atomic mass is 10.1. The van der Waals surface area contributed by atoms with Gasteiger partial charge in [0.2, 0.25) is 0 Å². The molecule has 0 amide bonds. The molecule has 0 saturated heterocycles. The Labute approximate surface area is 122 Å². The summed E-state index contributed by atoms with van der Waals surface area (Å²) in [6.45, 7) is 0. The van der Waals surface area contributed by atoms with Crippen molar-refractivity contribution in [1.29, 1.82) is 0 Å². The van der Waals surface area contributed by atoms with Gasteiger partial charge in [0.05, 0.1) is 23.0 Å². The Hall–Kier alpha value is -2.34. The molecular formula is C14H8BrN3O2. The first-order valence-electron chi connectivity index (χ1n) is 5.75. The number of nitrogens with zero attached hydrogens (tertiary/aromatic N) is 3. The predicted molar refractivity (Wildman–Crippen MR) is 77.4 cm³/mol. The van der Waals surface area contributed by atoms with E-state index in [0.29, 0.717) is 22.3 Å². The van der Waals surface area contributed by atoms with Gasteiger partial charge in [-0.2, -0.15) is 0 Å². The minimum atomic E-state index is -0.999. The zero-order valence-corrected chi connectivity index (χ0v) is 11.7. The Kier molecular flexibility index (Phi) is 3.15. The molecule has 1 N–H and O–H groups in total. The summed E-state index contributed by atoms with van der Waals surface area (Å²) in [4.78, 5) is 24.0. The predicted octanol–water partition coefficient (Wildman–Crippen LogP) is 3.15. The summed E-state index contributed by atoms with van der Waals surface area (Å²) >= 11 is 3.34. The van der Waals surface area contributed by atoms with E-state index in [4.69, 9.17) is 0 Å². The summed E-state index contributed by atoms with van der Waals surface area (Å²) in [6.07, 6.45) is 4.65. The third-order valence-corrected chi connectivity index (χ3v) is 3.32. The van der Waals surface area contributed by atoms with E-state index >= 15 is 0 Å². The number of carboxylic acids is 1. The van der Waals surface area contributed by atoms with Crippen LogP contribution in [0.3, 0.4) is 0 Å². The van der Waals surface area contributed by atoms with Crippen LogP contribution in [0.5, 0.6) is 0 Å². The third-order valence-electron chi connectivity index (χ3n) is 2.83. The summed E-state index contributed by atoms with van der Waals surface area (Å²) in [7, 11) is 0. The Bertz CT molecular complexity index is 806. The summed E-state index contributed by atoms with van der Waals surface area (Å²) in [5.41, 5.74) is 1.83. The van der Waals surface area contributed by atoms with Crippen molar-refractivity contribution >= 4 is 32.8 Å². The van der Waals surface area contributed by atoms with Gasteiger partial charge in [0.15, 0.2) is 0 Å². The summed E-state index contributed by atoms with van der Waals surface area (Å²) in [6, 6.07) is 6.85. The van der Waals surface area contributed by atoms with E-state index in [-0.39, 0.29) is 5.56 Å². The van der Waals surface area contributed by atoms with Crippen LogP contribution >= 0.6 is 15.9 Å². The van der Waals surface area contributed by atoms with Crippen molar-refractivity contribution in [3.05, 3.63) is 52.9 Å². The molecule has 6 heteroatoms. The lowest BCUT2D eigenvalue weighted by Gasteiger charge is -2.06. The molecule has 0 spiro atoms. The normalized spacial score (nSPS) is 10.7. The topological polar surface area (TPSA) is 76.0 Å². The standard InChI is InChI=1S/C14H8BrN3O2/c15-8-1-2-11-9(5-8)10(14(19)20)6-12(18-11)13-7-16-3-4-17-13/h1-7H,(H,19,20). The van der Waals surface area contributed by atoms with E-state index in [9.17, 15) is 9.90 Å². The molecule has 0 aliphatic carbocycles. The van der Waals surface area contributed by atoms with Crippen molar-refractivity contribution in [3.8, 4) is 11.4 Å². The quantitative estimate of drug-likeness (QED) is 0.781. The minimum absolute atomic E-state index is 0.192. The largest absolute Gasteiger partial charge is 0.478 e. The van der Waals surface area contributed by atoms with Crippen LogP contribution < -0.4 is 0 Å². The van der Waals surface area contributed by atoms with Crippen molar-refractivity contribution < 1.29 is 9.90 Å². The molecule has 0 bridgehead atoms. The van der Waals surface area contributed by atoms with Crippen LogP contribution in [0, 0.1) is 0 Å². The van der Waals surface area contributed by atoms with Gasteiger partial charge in [-0.25, -0.2) is 9.78 Å². The van der Waals surface area contributed by atoms with Gasteiger partial charge < -0.3 is 5.11 Å². The zero-order valence-electron chi connectivity index (χ0n) is 10.1. The number of pyridine rings is 1. The van der Waals surface area contributed by atoms with Gasteiger partial charge in [-0.05, 0) is 24.3 Å². The van der Waals surface area contributed by atoms with Crippen LogP contribution in [0.15, 0.2) is 47.3 Å². The minimum Gasteiger partial charge on any atom is -0.478 e. The molecule has 0 radical (unpaired) electrons. The first-order valence-corrected chi connectivity index (χ1v) is 6.54. The first kappa shape index (κ1) is 12.7. The Morgan fingerprint density at radius 2 is 2.00 bits per heavy atom. The molecule has 2 aromatic heterocycles. The number of aromatic nitrogens is 3. The van der Waals surface area contributed by atoms with E-state index in [1.54, 1.807) is 30.7 Å². The lowest BCUT2D eigenvalue weighted by molar-refractivity contribution is 0.0699. The van der Waals surface area contributed by atoms with Gasteiger partial charge in [-0.1, -0.05) is 15.9 Å². The molecule has 0 atom stereocenters. The van der Waals surface area contributed by atoms with Crippen LogP contribution in [0.25, 0.3) is 22.3 Å². The molecular weight excluding hydrogens is 322 g/mol. The number of rotatable bonds is 2. The van der Waals surface area contributed by atoms with Crippen molar-refractivity contribution in [1.82, 2.24) is 15.0 Å². The lowest BCUT2D eigenvalue weighted by Crippen LogP contribution is -2.01. The molecule has 98 valence electrons. The van der Waals surface area contributed by atoms with Gasteiger partial charge in [0.1, 0.15) is 5.69 Å². The Balaban J connectivity index is 2.32. The molecule has 1 aromatic carbocycles. The molecule has 0 saturated carbocycles. The van der Waals surface area contributed by atoms with Crippen LogP contribution in [0.1, 0.15) is 10.4 Å². The SMILES string of the molecule is O=C(O)c1cc(-c2cnccn2)nc2ccc(Br)cc12. The fourth-order valence-corrected chi connectivity index (χ4v) is 2.30. The number of halogens is 1. The molecule has 5 nitrogen and oxygen atoms in total. The number of fused-ring (bicyclic) bond motifs is 1. The Morgan fingerprint density at radius 1 is 1.15 bits per heavy atom. The molecule has 0 fully saturated rings. The summed E-state index contributed by atoms with van der Waals surface area (Å²) in [5.74, 6) is -0.999. The summed E-state index contributed by atoms with van der Waals surface area (Å²) < 4.78 is 0.807. The van der Waals surface area contributed by atoms with E-state index in [1.807, 2.05) is 6.07 Å². The van der Waals surface area contributed by atoms with Crippen LogP contribution in [0.4, 0.5) is 0 Å². The second-order valence-electron chi connectivity index (χ2n) is 4.11. The molecule has 0 aliphatic heterocycles. The maximum absolute atomic E-state index is 11.4. The van der Waals surface area contributed by atoms with Crippen LogP contribution in [-0.4, -0.2) is 26.0 Å². The zero-order chi connectivity index (χ0) is 14.1. The van der Waals surface area contributed by atoms with Crippen molar-refractivity contribution in [2.45, 2.75) is 0 Å². The van der Waals surface area contributed by atoms with E-state index in [0.717, 1.165) is 4.47 Å². The molecule has 3 aromatic rings. The fourth-order valence-electron chi connectivity index (χ4n) is 1.94. The molecule has 0 unspecified atom stereocenters. The number of aromatic carboxylic acids is 1. The molecule has 0 aliphatic rings. The van der Waals surface area contributed by atoms with Crippen molar-refractivity contribution in [2.75, 3.05) is 0 Å². The van der Waals surface area contributed by atoms with E-state index < -0.39 is 5.97 Å². The van der Waals surface area contributed by atoms with E-state index in [2.05, 4.69) is 30.9 Å². The van der Waals surface area contributed by atoms with Crippen molar-refractivity contribution in [2.24, 2.45) is 0 Å². The van der Waals surface area contributed by atoms with Gasteiger partial charge in [-0.15, -0.1) is 0 Å². The van der Waals surface area contributed by atoms with Gasteiger partial charge >= 0.3 is 5.97 Å². The number of benzene rings is 1. The highest BCUT2D eigenvalue weighted by Gasteiger charge is 2.13. The maximum atomic E-state index is 11.4. The van der Waals surface area contributed by atoms with Gasteiger partial charge in [0, 0.05) is 22.3 Å². The highest BCUT2D eigenvalue weighted by molar-refractivity contribution is 9.10. The van der Waals surface area contributed by atoms with Crippen LogP contribution in [0.2, 0.25) is 0 Å². The smallest absolute Gasteiger partial charge is 0.336 e. The second-order valence-corrected chi connectivity index (χ2v) is 5.03. The number of hydrogen-bond donors (Lipinski definition) is 1. The molecule has 3 rings (SSSR count). The fraction of sp³-hybridized carbons (Fsp3) is 0. The first-order chi connectivity index (χ1) is 9.65. The van der Waals surface area contributed by atoms with E-state index in [1.165, 1.54) is 6.07 Å². The highest BCUT2D eigenvalue weighted by atomic mass is 79.9. The monoisotopic (exact) mass is 329 g/mol. The Morgan fingerprint density at radius 3 is 2.70 bits per heavy atom. The third kappa shape index (κ3) is 2.25. The van der Waals surface area contributed by atoms with Gasteiger partial charge in [-0.3, -0.25) is 9.97 Å². The van der Waals surface area contributed by atoms with Crippen LogP contribution in [-0.2, 0) is 0 Å². The molecule has 2 heterocycles. The number of carbonyl (C=O) groups is 1. The average Bonchev–Trinajstić information content (AvgIpc) is 2.47. The van der Waals surface area contributed by atoms with Crippen molar-refractivity contribution in [3.63, 3.8) is 0 Å². The molecule has 20 heavy (non-hydrogen) atoms. The number of carboxylic acid groups (broad SMARTS) is 1. The average molecular weight is 330 g/mol. The number of hydrogen-bond acceptors (Lipinski definition) is 4. The second kappa shape index (κ2) is 4.97. The van der Waals surface area contributed by atoms with Gasteiger partial charge in [0.25, 0.3) is 0 Å². The summed E-state index contributed by atoms with van der Waals surface area (Å²) in [5, 5.41) is 9.95.